The van der Waals surface area contributed by atoms with Crippen LogP contribution in [0.2, 0.25) is 0 Å². The van der Waals surface area contributed by atoms with Gasteiger partial charge < -0.3 is 10.2 Å². The molecule has 3 heteroatoms. The average Bonchev–Trinajstić information content (AvgIpc) is 2.44. The number of anilines is 1. The van der Waals surface area contributed by atoms with E-state index in [-0.39, 0.29) is 0 Å². The minimum atomic E-state index is 1.10. The van der Waals surface area contributed by atoms with Crippen LogP contribution >= 0.6 is 0 Å². The lowest BCUT2D eigenvalue weighted by atomic mass is 10.3. The van der Waals surface area contributed by atoms with Crippen molar-refractivity contribution >= 4 is 5.69 Å². The first-order chi connectivity index (χ1) is 8.36. The van der Waals surface area contributed by atoms with E-state index in [1.54, 1.807) is 0 Å². The SMILES string of the molecule is CC.CC.C[n+]1cccc(N2CCNCC2)c1. The summed E-state index contributed by atoms with van der Waals surface area (Å²) in [6.07, 6.45) is 4.23. The van der Waals surface area contributed by atoms with E-state index < -0.39 is 0 Å². The number of hydrogen-bond donors (Lipinski definition) is 1. The number of nitrogens with one attached hydrogen (secondary N) is 1. The average molecular weight is 238 g/mol. The highest BCUT2D eigenvalue weighted by atomic mass is 15.2. The van der Waals surface area contributed by atoms with Crippen LogP contribution in [0, 0.1) is 0 Å². The third-order valence-corrected chi connectivity index (χ3v) is 2.41. The molecule has 0 aliphatic carbocycles. The van der Waals surface area contributed by atoms with E-state index in [9.17, 15) is 0 Å². The molecule has 1 saturated heterocycles. The molecule has 1 aliphatic rings. The first kappa shape index (κ1) is 15.9. The van der Waals surface area contributed by atoms with Gasteiger partial charge in [0.1, 0.15) is 12.7 Å². The predicted molar refractivity (Wildman–Crippen MR) is 75.4 cm³/mol. The number of nitrogens with zero attached hydrogens (tertiary/aromatic N) is 2. The molecular formula is C14H28N3+. The summed E-state index contributed by atoms with van der Waals surface area (Å²) >= 11 is 0. The summed E-state index contributed by atoms with van der Waals surface area (Å²) in [6, 6.07) is 4.27. The molecule has 0 radical (unpaired) electrons. The van der Waals surface area contributed by atoms with Crippen molar-refractivity contribution in [2.24, 2.45) is 7.05 Å². The van der Waals surface area contributed by atoms with Gasteiger partial charge in [0.05, 0.1) is 0 Å². The zero-order chi connectivity index (χ0) is 13.1. The largest absolute Gasteiger partial charge is 0.364 e. The molecule has 2 heterocycles. The van der Waals surface area contributed by atoms with Gasteiger partial charge in [0.2, 0.25) is 0 Å². The third kappa shape index (κ3) is 5.68. The molecule has 1 aromatic rings. The quantitative estimate of drug-likeness (QED) is 0.755. The molecule has 17 heavy (non-hydrogen) atoms. The van der Waals surface area contributed by atoms with Crippen LogP contribution in [-0.4, -0.2) is 26.2 Å². The Kier molecular flexibility index (Phi) is 9.44. The summed E-state index contributed by atoms with van der Waals surface area (Å²) < 4.78 is 2.09. The standard InChI is InChI=1S/C10H16N3.2C2H6/c1-12-6-2-3-10(9-12)13-7-4-11-5-8-13;2*1-2/h2-3,6,9,11H,4-5,7-8H2,1H3;2*1-2H3/q+1;;. The molecule has 2 rings (SSSR count). The summed E-state index contributed by atoms with van der Waals surface area (Å²) in [5.41, 5.74) is 1.33. The van der Waals surface area contributed by atoms with Gasteiger partial charge in [-0.1, -0.05) is 27.7 Å². The molecular weight excluding hydrogens is 210 g/mol. The number of aryl methyl sites for hydroxylation is 1. The lowest BCUT2D eigenvalue weighted by Crippen LogP contribution is -2.44. The molecule has 0 amide bonds. The van der Waals surface area contributed by atoms with Gasteiger partial charge >= 0.3 is 0 Å². The number of piperazine rings is 1. The van der Waals surface area contributed by atoms with Crippen LogP contribution in [0.25, 0.3) is 0 Å². The normalized spacial score (nSPS) is 14.1. The lowest BCUT2D eigenvalue weighted by molar-refractivity contribution is -0.670. The zero-order valence-electron chi connectivity index (χ0n) is 12.0. The fourth-order valence-corrected chi connectivity index (χ4v) is 1.68. The summed E-state index contributed by atoms with van der Waals surface area (Å²) in [5, 5.41) is 3.35. The Morgan fingerprint density at radius 1 is 1.12 bits per heavy atom. The Bertz CT molecular complexity index is 281. The molecule has 1 N–H and O–H groups in total. The van der Waals surface area contributed by atoms with Crippen molar-refractivity contribution in [1.82, 2.24) is 5.32 Å². The van der Waals surface area contributed by atoms with E-state index >= 15 is 0 Å². The fourth-order valence-electron chi connectivity index (χ4n) is 1.68. The minimum Gasteiger partial charge on any atom is -0.364 e. The van der Waals surface area contributed by atoms with Gasteiger partial charge in [0, 0.05) is 32.2 Å². The molecule has 1 fully saturated rings. The van der Waals surface area contributed by atoms with Crippen molar-refractivity contribution in [1.29, 1.82) is 0 Å². The van der Waals surface area contributed by atoms with Gasteiger partial charge in [-0.25, -0.2) is 4.57 Å². The summed E-state index contributed by atoms with van der Waals surface area (Å²) in [6.45, 7) is 12.4. The highest BCUT2D eigenvalue weighted by Gasteiger charge is 2.11. The lowest BCUT2D eigenvalue weighted by Gasteiger charge is -2.28. The number of hydrogen-bond acceptors (Lipinski definition) is 2. The van der Waals surface area contributed by atoms with Crippen molar-refractivity contribution in [2.75, 3.05) is 31.1 Å². The number of rotatable bonds is 1. The van der Waals surface area contributed by atoms with E-state index in [0.29, 0.717) is 0 Å². The third-order valence-electron chi connectivity index (χ3n) is 2.41. The maximum atomic E-state index is 3.35. The summed E-state index contributed by atoms with van der Waals surface area (Å²) in [7, 11) is 2.06. The second-order valence-electron chi connectivity index (χ2n) is 3.46. The highest BCUT2D eigenvalue weighted by Crippen LogP contribution is 2.10. The molecule has 0 bridgehead atoms. The van der Waals surface area contributed by atoms with Gasteiger partial charge in [0.25, 0.3) is 0 Å². The van der Waals surface area contributed by atoms with Crippen LogP contribution in [0.1, 0.15) is 27.7 Å². The maximum absolute atomic E-state index is 3.35. The minimum absolute atomic E-state index is 1.10. The van der Waals surface area contributed by atoms with Crippen LogP contribution in [0.15, 0.2) is 24.5 Å². The van der Waals surface area contributed by atoms with Gasteiger partial charge in [0.15, 0.2) is 12.4 Å². The molecule has 0 spiro atoms. The Morgan fingerprint density at radius 2 is 1.71 bits per heavy atom. The van der Waals surface area contributed by atoms with Gasteiger partial charge in [-0.15, -0.1) is 0 Å². The Balaban J connectivity index is 0.000000581. The van der Waals surface area contributed by atoms with Gasteiger partial charge in [-0.2, -0.15) is 0 Å². The highest BCUT2D eigenvalue weighted by molar-refractivity contribution is 5.42. The van der Waals surface area contributed by atoms with Gasteiger partial charge in [-0.3, -0.25) is 0 Å². The molecule has 1 aromatic heterocycles. The second-order valence-corrected chi connectivity index (χ2v) is 3.46. The van der Waals surface area contributed by atoms with Crippen molar-refractivity contribution in [3.8, 4) is 0 Å². The van der Waals surface area contributed by atoms with Crippen molar-refractivity contribution in [3.63, 3.8) is 0 Å². The van der Waals surface area contributed by atoms with Crippen molar-refractivity contribution < 1.29 is 4.57 Å². The predicted octanol–water partition coefficient (Wildman–Crippen LogP) is 1.97. The van der Waals surface area contributed by atoms with Crippen molar-refractivity contribution in [2.45, 2.75) is 27.7 Å². The fraction of sp³-hybridized carbons (Fsp3) is 0.643. The monoisotopic (exact) mass is 238 g/mol. The van der Waals surface area contributed by atoms with Crippen LogP contribution < -0.4 is 14.8 Å². The van der Waals surface area contributed by atoms with E-state index in [2.05, 4.69) is 46.4 Å². The molecule has 0 unspecified atom stereocenters. The van der Waals surface area contributed by atoms with Crippen molar-refractivity contribution in [3.05, 3.63) is 24.5 Å². The maximum Gasteiger partial charge on any atom is 0.192 e. The van der Waals surface area contributed by atoms with Crippen LogP contribution in [-0.2, 0) is 7.05 Å². The Morgan fingerprint density at radius 3 is 2.24 bits per heavy atom. The molecule has 1 aliphatic heterocycles. The first-order valence-corrected chi connectivity index (χ1v) is 6.77. The van der Waals surface area contributed by atoms with E-state index in [4.69, 9.17) is 0 Å². The number of aromatic nitrogens is 1. The van der Waals surface area contributed by atoms with E-state index in [1.165, 1.54) is 5.69 Å². The Labute approximate surface area is 106 Å². The topological polar surface area (TPSA) is 19.1 Å². The molecule has 98 valence electrons. The van der Waals surface area contributed by atoms with E-state index in [0.717, 1.165) is 26.2 Å². The first-order valence-electron chi connectivity index (χ1n) is 6.77. The molecule has 0 atom stereocenters. The summed E-state index contributed by atoms with van der Waals surface area (Å²) in [5.74, 6) is 0. The number of pyridine rings is 1. The van der Waals surface area contributed by atoms with Crippen LogP contribution in [0.4, 0.5) is 5.69 Å². The smallest absolute Gasteiger partial charge is 0.192 e. The van der Waals surface area contributed by atoms with E-state index in [1.807, 2.05) is 27.7 Å². The summed E-state index contributed by atoms with van der Waals surface area (Å²) in [4.78, 5) is 2.41. The van der Waals surface area contributed by atoms with Gasteiger partial charge in [-0.05, 0) is 6.07 Å². The zero-order valence-corrected chi connectivity index (χ0v) is 12.0. The van der Waals surface area contributed by atoms with Crippen LogP contribution in [0.5, 0.6) is 0 Å². The molecule has 0 saturated carbocycles. The van der Waals surface area contributed by atoms with Crippen LogP contribution in [0.3, 0.4) is 0 Å². The molecule has 3 nitrogen and oxygen atoms in total. The molecule has 0 aromatic carbocycles. The second kappa shape index (κ2) is 10.1. The Hall–Kier alpha value is -1.09.